The van der Waals surface area contributed by atoms with Crippen molar-refractivity contribution in [3.05, 3.63) is 35.9 Å². The number of nitrogens with zero attached hydrogens (tertiary/aromatic N) is 3. The molecule has 5 rings (SSSR count). The summed E-state index contributed by atoms with van der Waals surface area (Å²) in [6, 6.07) is 2.82. The highest BCUT2D eigenvalue weighted by molar-refractivity contribution is 5.99. The average Bonchev–Trinajstić information content (AvgIpc) is 3.15. The molecule has 1 amide bonds. The minimum atomic E-state index is -1.16. The molecule has 1 fully saturated rings. The molecule has 178 valence electrons. The van der Waals surface area contributed by atoms with Gasteiger partial charge in [0.25, 0.3) is 0 Å². The van der Waals surface area contributed by atoms with E-state index in [1.807, 2.05) is 6.92 Å². The van der Waals surface area contributed by atoms with Gasteiger partial charge in [0.05, 0.1) is 11.3 Å². The van der Waals surface area contributed by atoms with E-state index in [9.17, 15) is 15.0 Å². The van der Waals surface area contributed by atoms with Crippen molar-refractivity contribution in [3.8, 4) is 17.0 Å². The Morgan fingerprint density at radius 2 is 2.12 bits per heavy atom. The molecule has 1 aliphatic carbocycles. The molecule has 2 aromatic heterocycles. The predicted octanol–water partition coefficient (Wildman–Crippen LogP) is 3.92. The van der Waals surface area contributed by atoms with E-state index in [0.717, 1.165) is 5.56 Å². The Kier molecular flexibility index (Phi) is 5.20. The zero-order chi connectivity index (χ0) is 24.2. The van der Waals surface area contributed by atoms with Gasteiger partial charge in [0.1, 0.15) is 18.1 Å². The SMILES string of the molecule is Cc1c(-c2cc3cc(N(C(=O)O)[C@H]4CC[C@@](C)(O)C4)ncc3c(N)c2F)cnc2c1NCCO2. The van der Waals surface area contributed by atoms with Crippen LogP contribution in [0.3, 0.4) is 0 Å². The van der Waals surface area contributed by atoms with E-state index in [2.05, 4.69) is 15.3 Å². The number of ether oxygens (including phenoxy) is 1. The Morgan fingerprint density at radius 3 is 2.82 bits per heavy atom. The summed E-state index contributed by atoms with van der Waals surface area (Å²) in [5, 5.41) is 24.4. The highest BCUT2D eigenvalue weighted by atomic mass is 19.1. The molecule has 9 nitrogen and oxygen atoms in total. The Morgan fingerprint density at radius 1 is 1.32 bits per heavy atom. The lowest BCUT2D eigenvalue weighted by Crippen LogP contribution is -2.39. The van der Waals surface area contributed by atoms with Gasteiger partial charge in [0, 0.05) is 41.5 Å². The van der Waals surface area contributed by atoms with Crippen molar-refractivity contribution in [2.75, 3.05) is 29.1 Å². The molecule has 0 radical (unpaired) electrons. The fourth-order valence-corrected chi connectivity index (χ4v) is 4.96. The van der Waals surface area contributed by atoms with Crippen molar-refractivity contribution >= 4 is 34.1 Å². The lowest BCUT2D eigenvalue weighted by molar-refractivity contribution is 0.0664. The first-order valence-electron chi connectivity index (χ1n) is 11.2. The van der Waals surface area contributed by atoms with Crippen LogP contribution in [0.4, 0.5) is 26.4 Å². The summed E-state index contributed by atoms with van der Waals surface area (Å²) in [4.78, 5) is 21.9. The van der Waals surface area contributed by atoms with Crippen molar-refractivity contribution in [1.29, 1.82) is 0 Å². The highest BCUT2D eigenvalue weighted by Crippen LogP contribution is 2.40. The van der Waals surface area contributed by atoms with Gasteiger partial charge in [-0.2, -0.15) is 0 Å². The number of aromatic nitrogens is 2. The fourth-order valence-electron chi connectivity index (χ4n) is 4.96. The van der Waals surface area contributed by atoms with Gasteiger partial charge in [-0.05, 0) is 56.2 Å². The van der Waals surface area contributed by atoms with Gasteiger partial charge in [0.2, 0.25) is 5.88 Å². The summed E-state index contributed by atoms with van der Waals surface area (Å²) in [5.41, 5.74) is 7.45. The summed E-state index contributed by atoms with van der Waals surface area (Å²) in [5.74, 6) is 0.0817. The molecule has 5 N–H and O–H groups in total. The smallest absolute Gasteiger partial charge is 0.413 e. The molecule has 1 saturated carbocycles. The van der Waals surface area contributed by atoms with Crippen LogP contribution in [0.2, 0.25) is 0 Å². The number of benzene rings is 1. The Hall–Kier alpha value is -3.66. The monoisotopic (exact) mass is 467 g/mol. The van der Waals surface area contributed by atoms with Crippen LogP contribution in [0, 0.1) is 12.7 Å². The van der Waals surface area contributed by atoms with Crippen molar-refractivity contribution in [3.63, 3.8) is 0 Å². The van der Waals surface area contributed by atoms with Crippen molar-refractivity contribution in [2.45, 2.75) is 44.8 Å². The number of anilines is 3. The molecule has 3 aromatic rings. The number of amides is 1. The maximum absolute atomic E-state index is 15.4. The molecule has 34 heavy (non-hydrogen) atoms. The van der Waals surface area contributed by atoms with E-state index in [-0.39, 0.29) is 17.1 Å². The topological polar surface area (TPSA) is 134 Å². The third-order valence-electron chi connectivity index (χ3n) is 6.73. The number of hydrogen-bond acceptors (Lipinski definition) is 7. The normalized spacial score (nSPS) is 21.6. The molecule has 10 heteroatoms. The standard InChI is InChI=1S/C24H26FN5O4/c1-12-16(10-29-22-21(12)27-5-6-34-22)15-7-13-8-18(28-11-17(13)20(26)19(15)25)30(23(31)32)14-3-4-24(2,33)9-14/h7-8,10-11,14,27,33H,3-6,9,26H2,1-2H3,(H,31,32)/t14-,24+/m0/s1. The highest BCUT2D eigenvalue weighted by Gasteiger charge is 2.39. The average molecular weight is 468 g/mol. The number of nitrogens with one attached hydrogen (secondary N) is 1. The molecule has 0 spiro atoms. The van der Waals surface area contributed by atoms with Crippen LogP contribution in [0.15, 0.2) is 24.5 Å². The van der Waals surface area contributed by atoms with E-state index in [0.29, 0.717) is 60.3 Å². The lowest BCUT2D eigenvalue weighted by atomic mass is 9.97. The van der Waals surface area contributed by atoms with Crippen molar-refractivity contribution < 1.29 is 24.1 Å². The number of rotatable bonds is 3. The molecular formula is C24H26FN5O4. The van der Waals surface area contributed by atoms with Gasteiger partial charge in [-0.3, -0.25) is 4.90 Å². The summed E-state index contributed by atoms with van der Waals surface area (Å²) >= 11 is 0. The molecule has 2 aliphatic rings. The van der Waals surface area contributed by atoms with Crippen LogP contribution in [-0.4, -0.2) is 51.1 Å². The number of hydrogen-bond donors (Lipinski definition) is 4. The number of aliphatic hydroxyl groups is 1. The maximum Gasteiger partial charge on any atom is 0.413 e. The first-order chi connectivity index (χ1) is 16.2. The quantitative estimate of drug-likeness (QED) is 0.426. The van der Waals surface area contributed by atoms with E-state index >= 15 is 4.39 Å². The third kappa shape index (κ3) is 3.63. The fraction of sp³-hybridized carbons (Fsp3) is 0.375. The number of halogens is 1. The Labute approximate surface area is 195 Å². The number of carbonyl (C=O) groups is 1. The minimum absolute atomic E-state index is 0.0708. The Balaban J connectivity index is 1.62. The third-order valence-corrected chi connectivity index (χ3v) is 6.73. The second-order valence-electron chi connectivity index (χ2n) is 9.21. The second kappa shape index (κ2) is 7.98. The first-order valence-corrected chi connectivity index (χ1v) is 11.2. The van der Waals surface area contributed by atoms with Crippen molar-refractivity contribution in [2.24, 2.45) is 0 Å². The largest absolute Gasteiger partial charge is 0.474 e. The van der Waals surface area contributed by atoms with Gasteiger partial charge >= 0.3 is 6.09 Å². The summed E-state index contributed by atoms with van der Waals surface area (Å²) in [6.07, 6.45) is 3.11. The van der Waals surface area contributed by atoms with Crippen LogP contribution in [-0.2, 0) is 0 Å². The number of nitrogens with two attached hydrogens (primary N) is 1. The Bertz CT molecular complexity index is 1310. The zero-order valence-electron chi connectivity index (χ0n) is 18.9. The van der Waals surface area contributed by atoms with Gasteiger partial charge in [-0.15, -0.1) is 0 Å². The second-order valence-corrected chi connectivity index (χ2v) is 9.21. The summed E-state index contributed by atoms with van der Waals surface area (Å²) in [6.45, 7) is 4.68. The van der Waals surface area contributed by atoms with E-state index < -0.39 is 23.6 Å². The van der Waals surface area contributed by atoms with E-state index in [4.69, 9.17) is 10.5 Å². The van der Waals surface area contributed by atoms with Crippen LogP contribution in [0.25, 0.3) is 21.9 Å². The molecule has 1 aromatic carbocycles. The predicted molar refractivity (Wildman–Crippen MR) is 127 cm³/mol. The van der Waals surface area contributed by atoms with Crippen molar-refractivity contribution in [1.82, 2.24) is 9.97 Å². The summed E-state index contributed by atoms with van der Waals surface area (Å²) < 4.78 is 21.0. The van der Waals surface area contributed by atoms with Gasteiger partial charge < -0.3 is 26.0 Å². The molecule has 1 aliphatic heterocycles. The number of carboxylic acid groups (broad SMARTS) is 1. The van der Waals surface area contributed by atoms with Crippen LogP contribution in [0.5, 0.6) is 5.88 Å². The van der Waals surface area contributed by atoms with Crippen LogP contribution < -0.4 is 20.7 Å². The molecule has 3 heterocycles. The number of nitrogen functional groups attached to an aromatic ring is 1. The minimum Gasteiger partial charge on any atom is -0.474 e. The zero-order valence-corrected chi connectivity index (χ0v) is 18.9. The molecular weight excluding hydrogens is 441 g/mol. The molecule has 0 unspecified atom stereocenters. The van der Waals surface area contributed by atoms with Gasteiger partial charge in [-0.1, -0.05) is 0 Å². The van der Waals surface area contributed by atoms with E-state index in [1.165, 1.54) is 11.1 Å². The molecule has 0 bridgehead atoms. The lowest BCUT2D eigenvalue weighted by Gasteiger charge is -2.26. The van der Waals surface area contributed by atoms with Crippen LogP contribution in [0.1, 0.15) is 31.7 Å². The number of pyridine rings is 2. The first kappa shape index (κ1) is 22.1. The maximum atomic E-state index is 15.4. The molecule has 2 atom stereocenters. The summed E-state index contributed by atoms with van der Waals surface area (Å²) in [7, 11) is 0. The molecule has 0 saturated heterocycles. The van der Waals surface area contributed by atoms with E-state index in [1.54, 1.807) is 25.3 Å². The number of fused-ring (bicyclic) bond motifs is 2. The van der Waals surface area contributed by atoms with Crippen LogP contribution >= 0.6 is 0 Å². The van der Waals surface area contributed by atoms with Gasteiger partial charge in [0.15, 0.2) is 5.82 Å². The van der Waals surface area contributed by atoms with Gasteiger partial charge in [-0.25, -0.2) is 19.2 Å².